The maximum absolute atomic E-state index is 13.3. The van der Waals surface area contributed by atoms with Gasteiger partial charge in [-0.15, -0.1) is 0 Å². The van der Waals surface area contributed by atoms with E-state index in [9.17, 15) is 8.78 Å². The van der Waals surface area contributed by atoms with Crippen molar-refractivity contribution in [1.82, 2.24) is 5.32 Å². The van der Waals surface area contributed by atoms with Crippen molar-refractivity contribution in [2.45, 2.75) is 58.4 Å². The fraction of sp³-hybridized carbons (Fsp3) is 0.625. The minimum Gasteiger partial charge on any atom is -0.313 e. The number of rotatable bonds is 10. The molecule has 0 bridgehead atoms. The third-order valence-electron chi connectivity index (χ3n) is 3.29. The summed E-state index contributed by atoms with van der Waals surface area (Å²) in [6.45, 7) is 3.59. The van der Waals surface area contributed by atoms with Gasteiger partial charge in [0.1, 0.15) is 11.6 Å². The zero-order valence-electron chi connectivity index (χ0n) is 11.9. The molecule has 1 nitrogen and oxygen atoms in total. The summed E-state index contributed by atoms with van der Waals surface area (Å²) in [4.78, 5) is 0. The van der Waals surface area contributed by atoms with Crippen LogP contribution in [0, 0.1) is 11.6 Å². The maximum atomic E-state index is 13.3. The summed E-state index contributed by atoms with van der Waals surface area (Å²) in [5.41, 5.74) is 0.532. The molecule has 0 aliphatic rings. The van der Waals surface area contributed by atoms with Crippen molar-refractivity contribution < 1.29 is 8.78 Å². The maximum Gasteiger partial charge on any atom is 0.130 e. The molecule has 0 amide bonds. The lowest BCUT2D eigenvalue weighted by Gasteiger charge is -2.06. The summed E-state index contributed by atoms with van der Waals surface area (Å²) in [6.07, 6.45) is 8.90. The van der Waals surface area contributed by atoms with Crippen LogP contribution in [0.1, 0.15) is 57.4 Å². The van der Waals surface area contributed by atoms with Crippen molar-refractivity contribution in [3.8, 4) is 0 Å². The van der Waals surface area contributed by atoms with Gasteiger partial charge in [-0.05, 0) is 19.0 Å². The predicted octanol–water partition coefficient (Wildman–Crippen LogP) is 4.81. The Kier molecular flexibility index (Phi) is 8.39. The fourth-order valence-electron chi connectivity index (χ4n) is 2.10. The van der Waals surface area contributed by atoms with E-state index >= 15 is 0 Å². The van der Waals surface area contributed by atoms with E-state index in [4.69, 9.17) is 0 Å². The predicted molar refractivity (Wildman–Crippen MR) is 76.1 cm³/mol. The van der Waals surface area contributed by atoms with Gasteiger partial charge in [0.05, 0.1) is 0 Å². The molecule has 0 saturated heterocycles. The molecule has 0 aliphatic heterocycles. The molecule has 19 heavy (non-hydrogen) atoms. The highest BCUT2D eigenvalue weighted by Gasteiger charge is 2.02. The van der Waals surface area contributed by atoms with Crippen molar-refractivity contribution >= 4 is 0 Å². The van der Waals surface area contributed by atoms with Gasteiger partial charge in [-0.2, -0.15) is 0 Å². The second-order valence-electron chi connectivity index (χ2n) is 5.03. The highest BCUT2D eigenvalue weighted by molar-refractivity contribution is 5.18. The van der Waals surface area contributed by atoms with Gasteiger partial charge in [0.25, 0.3) is 0 Å². The number of nitrogens with one attached hydrogen (secondary N) is 1. The largest absolute Gasteiger partial charge is 0.313 e. The van der Waals surface area contributed by atoms with E-state index in [2.05, 4.69) is 12.2 Å². The fourth-order valence-corrected chi connectivity index (χ4v) is 2.10. The average Bonchev–Trinajstić information content (AvgIpc) is 2.39. The zero-order chi connectivity index (χ0) is 13.9. The molecule has 1 aromatic rings. The van der Waals surface area contributed by atoms with Gasteiger partial charge in [-0.3, -0.25) is 0 Å². The van der Waals surface area contributed by atoms with E-state index in [1.807, 2.05) is 0 Å². The Balaban J connectivity index is 2.01. The first kappa shape index (κ1) is 16.1. The third kappa shape index (κ3) is 7.26. The van der Waals surface area contributed by atoms with Crippen LogP contribution < -0.4 is 5.32 Å². The van der Waals surface area contributed by atoms with Crippen LogP contribution in [0.4, 0.5) is 8.78 Å². The van der Waals surface area contributed by atoms with Crippen LogP contribution in [-0.4, -0.2) is 6.54 Å². The van der Waals surface area contributed by atoms with E-state index in [1.165, 1.54) is 50.7 Å². The zero-order valence-corrected chi connectivity index (χ0v) is 11.9. The standard InChI is InChI=1S/C16H25F2N/c1-2-3-4-5-6-7-8-11-19-13-14-9-10-15(17)12-16(14)18/h9-10,12,19H,2-8,11,13H2,1H3. The summed E-state index contributed by atoms with van der Waals surface area (Å²) >= 11 is 0. The van der Waals surface area contributed by atoms with Crippen LogP contribution in [0.3, 0.4) is 0 Å². The Bertz CT molecular complexity index is 353. The molecule has 1 N–H and O–H groups in total. The summed E-state index contributed by atoms with van der Waals surface area (Å²) in [5, 5.41) is 3.20. The van der Waals surface area contributed by atoms with E-state index in [0.29, 0.717) is 12.1 Å². The molecule has 0 aliphatic carbocycles. The number of hydrogen-bond donors (Lipinski definition) is 1. The lowest BCUT2D eigenvalue weighted by Crippen LogP contribution is -2.15. The summed E-state index contributed by atoms with van der Waals surface area (Å²) in [5.74, 6) is -0.986. The monoisotopic (exact) mass is 269 g/mol. The molecule has 108 valence electrons. The first-order valence-corrected chi connectivity index (χ1v) is 7.38. The molecular weight excluding hydrogens is 244 g/mol. The average molecular weight is 269 g/mol. The Hall–Kier alpha value is -0.960. The third-order valence-corrected chi connectivity index (χ3v) is 3.29. The minimum atomic E-state index is -0.520. The Morgan fingerprint density at radius 3 is 2.32 bits per heavy atom. The summed E-state index contributed by atoms with van der Waals surface area (Å²) in [6, 6.07) is 3.74. The van der Waals surface area contributed by atoms with E-state index < -0.39 is 11.6 Å². The molecule has 0 spiro atoms. The topological polar surface area (TPSA) is 12.0 Å². The molecule has 0 radical (unpaired) electrons. The second-order valence-corrected chi connectivity index (χ2v) is 5.03. The Morgan fingerprint density at radius 2 is 1.63 bits per heavy atom. The molecular formula is C16H25F2N. The normalized spacial score (nSPS) is 10.9. The van der Waals surface area contributed by atoms with Gasteiger partial charge in [-0.1, -0.05) is 51.5 Å². The number of unbranched alkanes of at least 4 members (excludes halogenated alkanes) is 6. The van der Waals surface area contributed by atoms with Crippen molar-refractivity contribution in [2.75, 3.05) is 6.54 Å². The van der Waals surface area contributed by atoms with Crippen LogP contribution in [0.25, 0.3) is 0 Å². The molecule has 0 atom stereocenters. The van der Waals surface area contributed by atoms with E-state index in [1.54, 1.807) is 0 Å². The van der Waals surface area contributed by atoms with Gasteiger partial charge in [0.15, 0.2) is 0 Å². The highest BCUT2D eigenvalue weighted by atomic mass is 19.1. The molecule has 3 heteroatoms. The van der Waals surface area contributed by atoms with Crippen molar-refractivity contribution in [2.24, 2.45) is 0 Å². The molecule has 0 fully saturated rings. The first-order chi connectivity index (χ1) is 9.24. The molecule has 1 aromatic carbocycles. The van der Waals surface area contributed by atoms with Gasteiger partial charge in [-0.25, -0.2) is 8.78 Å². The Morgan fingerprint density at radius 1 is 0.947 bits per heavy atom. The minimum absolute atomic E-state index is 0.466. The van der Waals surface area contributed by atoms with Crippen molar-refractivity contribution in [3.63, 3.8) is 0 Å². The van der Waals surface area contributed by atoms with Crippen LogP contribution in [-0.2, 0) is 6.54 Å². The lowest BCUT2D eigenvalue weighted by atomic mass is 10.1. The summed E-state index contributed by atoms with van der Waals surface area (Å²) < 4.78 is 26.0. The van der Waals surface area contributed by atoms with Gasteiger partial charge < -0.3 is 5.32 Å². The smallest absolute Gasteiger partial charge is 0.130 e. The number of halogens is 2. The van der Waals surface area contributed by atoms with Crippen LogP contribution >= 0.6 is 0 Å². The van der Waals surface area contributed by atoms with Crippen molar-refractivity contribution in [1.29, 1.82) is 0 Å². The molecule has 0 unspecified atom stereocenters. The van der Waals surface area contributed by atoms with Gasteiger partial charge in [0.2, 0.25) is 0 Å². The SMILES string of the molecule is CCCCCCCCCNCc1ccc(F)cc1F. The second kappa shape index (κ2) is 9.90. The molecule has 0 saturated carbocycles. The quantitative estimate of drug-likeness (QED) is 0.601. The first-order valence-electron chi connectivity index (χ1n) is 7.38. The van der Waals surface area contributed by atoms with Gasteiger partial charge in [0, 0.05) is 18.2 Å². The van der Waals surface area contributed by atoms with Crippen LogP contribution in [0.5, 0.6) is 0 Å². The lowest BCUT2D eigenvalue weighted by molar-refractivity contribution is 0.542. The van der Waals surface area contributed by atoms with Crippen LogP contribution in [0.15, 0.2) is 18.2 Å². The highest BCUT2D eigenvalue weighted by Crippen LogP contribution is 2.09. The van der Waals surface area contributed by atoms with E-state index in [0.717, 1.165) is 19.0 Å². The molecule has 0 heterocycles. The van der Waals surface area contributed by atoms with Crippen LogP contribution in [0.2, 0.25) is 0 Å². The van der Waals surface area contributed by atoms with Gasteiger partial charge >= 0.3 is 0 Å². The number of hydrogen-bond acceptors (Lipinski definition) is 1. The molecule has 0 aromatic heterocycles. The summed E-state index contributed by atoms with van der Waals surface area (Å²) in [7, 11) is 0. The number of benzene rings is 1. The Labute approximate surface area is 115 Å². The van der Waals surface area contributed by atoms with Crippen molar-refractivity contribution in [3.05, 3.63) is 35.4 Å². The molecule has 1 rings (SSSR count). The van der Waals surface area contributed by atoms with E-state index in [-0.39, 0.29) is 0 Å².